The van der Waals surface area contributed by atoms with Gasteiger partial charge in [0, 0.05) is 28.4 Å². The summed E-state index contributed by atoms with van der Waals surface area (Å²) in [6.45, 7) is 4.47. The maximum Gasteiger partial charge on any atom is 0.235 e. The molecule has 2 fully saturated rings. The highest BCUT2D eigenvalue weighted by atomic mass is 35.5. The van der Waals surface area contributed by atoms with Crippen molar-refractivity contribution in [3.63, 3.8) is 0 Å². The van der Waals surface area contributed by atoms with Gasteiger partial charge in [-0.25, -0.2) is 0 Å². The molecule has 3 aliphatic heterocycles. The summed E-state index contributed by atoms with van der Waals surface area (Å²) in [6.07, 6.45) is 3.71. The number of hydrogen-bond donors (Lipinski definition) is 0. The summed E-state index contributed by atoms with van der Waals surface area (Å²) < 4.78 is 0. The molecule has 4 atom stereocenters. The van der Waals surface area contributed by atoms with Crippen LogP contribution in [0, 0.1) is 11.8 Å². The number of carbonyl (C=O) groups is 3. The second-order valence-corrected chi connectivity index (χ2v) is 9.25. The van der Waals surface area contributed by atoms with E-state index in [1.54, 1.807) is 24.3 Å². The Morgan fingerprint density at radius 1 is 1.00 bits per heavy atom. The van der Waals surface area contributed by atoms with Gasteiger partial charge < -0.3 is 4.90 Å². The number of imide groups is 1. The second kappa shape index (κ2) is 7.89. The molecule has 0 unspecified atom stereocenters. The van der Waals surface area contributed by atoms with Gasteiger partial charge in [-0.3, -0.25) is 19.3 Å². The number of likely N-dealkylation sites (tertiary alicyclic amines) is 1. The summed E-state index contributed by atoms with van der Waals surface area (Å²) >= 11 is 6.03. The lowest BCUT2D eigenvalue weighted by Gasteiger charge is -2.38. The van der Waals surface area contributed by atoms with Crippen LogP contribution < -0.4 is 4.90 Å². The van der Waals surface area contributed by atoms with E-state index in [0.29, 0.717) is 17.1 Å². The molecule has 5 rings (SSSR count). The quantitative estimate of drug-likeness (QED) is 0.495. The van der Waals surface area contributed by atoms with Gasteiger partial charge in [-0.15, -0.1) is 0 Å². The molecular formula is C26H25ClN2O3. The van der Waals surface area contributed by atoms with Crippen molar-refractivity contribution in [2.24, 2.45) is 11.8 Å². The van der Waals surface area contributed by atoms with E-state index < -0.39 is 17.9 Å². The molecule has 0 aromatic heterocycles. The highest BCUT2D eigenvalue weighted by Gasteiger charge is 2.64. The van der Waals surface area contributed by atoms with E-state index in [2.05, 4.69) is 6.08 Å². The van der Waals surface area contributed by atoms with Crippen LogP contribution in [0.1, 0.15) is 42.6 Å². The molecule has 3 aliphatic rings. The number of amides is 2. The van der Waals surface area contributed by atoms with Gasteiger partial charge in [-0.05, 0) is 49.2 Å². The highest BCUT2D eigenvalue weighted by molar-refractivity contribution is 6.30. The number of unbranched alkanes of at least 4 members (excludes halogenated alkanes) is 1. The largest absolute Gasteiger partial charge is 0.352 e. The van der Waals surface area contributed by atoms with Crippen LogP contribution in [0.3, 0.4) is 0 Å². The molecule has 2 aromatic rings. The molecule has 32 heavy (non-hydrogen) atoms. The summed E-state index contributed by atoms with van der Waals surface area (Å²) in [6, 6.07) is 13.6. The fraction of sp³-hybridized carbons (Fsp3) is 0.346. The lowest BCUT2D eigenvalue weighted by molar-refractivity contribution is -0.140. The minimum atomic E-state index is -0.736. The third-order valence-corrected chi connectivity index (χ3v) is 7.23. The number of fused-ring (bicyclic) bond motifs is 5. The Bertz CT molecular complexity index is 1140. The number of allylic oxidation sites excluding steroid dienone is 1. The molecule has 2 aromatic carbocycles. The standard InChI is InChI=1S/C26H25ClN2O3/c1-3-4-13-28-25(31)21-20-14-15(2)18-7-5-6-8-19(18)29(20)23(22(21)26(28)32)24(30)16-9-11-17(27)12-10-16/h5-12,14,20-23H,3-4,13H2,1-2H3/t20-,21+,22+,23-/m1/s1. The zero-order chi connectivity index (χ0) is 22.6. The molecule has 2 amide bonds. The fourth-order valence-corrected chi connectivity index (χ4v) is 5.61. The van der Waals surface area contributed by atoms with Crippen molar-refractivity contribution < 1.29 is 14.4 Å². The van der Waals surface area contributed by atoms with Crippen molar-refractivity contribution >= 4 is 40.5 Å². The number of Topliss-reactive ketones (excluding diaryl/α,β-unsaturated/α-hetero) is 1. The van der Waals surface area contributed by atoms with E-state index in [4.69, 9.17) is 11.6 Å². The highest BCUT2D eigenvalue weighted by Crippen LogP contribution is 2.50. The van der Waals surface area contributed by atoms with Gasteiger partial charge in [0.05, 0.1) is 17.9 Å². The van der Waals surface area contributed by atoms with Gasteiger partial charge in [-0.2, -0.15) is 0 Å². The topological polar surface area (TPSA) is 57.7 Å². The first kappa shape index (κ1) is 21.0. The molecule has 0 saturated carbocycles. The van der Waals surface area contributed by atoms with Crippen molar-refractivity contribution in [2.75, 3.05) is 11.4 Å². The van der Waals surface area contributed by atoms with Gasteiger partial charge >= 0.3 is 0 Å². The van der Waals surface area contributed by atoms with Crippen molar-refractivity contribution in [3.05, 3.63) is 70.8 Å². The average molecular weight is 449 g/mol. The normalized spacial score (nSPS) is 26.0. The van der Waals surface area contributed by atoms with E-state index in [1.807, 2.05) is 43.0 Å². The minimum Gasteiger partial charge on any atom is -0.352 e. The first-order valence-electron chi connectivity index (χ1n) is 11.1. The number of nitrogens with zero attached hydrogens (tertiary/aromatic N) is 2. The number of rotatable bonds is 5. The lowest BCUT2D eigenvalue weighted by atomic mass is 9.85. The molecule has 2 saturated heterocycles. The van der Waals surface area contributed by atoms with Crippen LogP contribution in [0.4, 0.5) is 5.69 Å². The third kappa shape index (κ3) is 3.02. The van der Waals surface area contributed by atoms with E-state index in [1.165, 1.54) is 4.90 Å². The van der Waals surface area contributed by atoms with E-state index in [0.717, 1.165) is 29.7 Å². The van der Waals surface area contributed by atoms with Crippen molar-refractivity contribution in [1.29, 1.82) is 0 Å². The summed E-state index contributed by atoms with van der Waals surface area (Å²) in [5.74, 6) is -1.77. The second-order valence-electron chi connectivity index (χ2n) is 8.81. The molecule has 5 nitrogen and oxygen atoms in total. The summed E-state index contributed by atoms with van der Waals surface area (Å²) in [7, 11) is 0. The predicted octanol–water partition coefficient (Wildman–Crippen LogP) is 4.60. The molecule has 0 bridgehead atoms. The lowest BCUT2D eigenvalue weighted by Crippen LogP contribution is -2.49. The average Bonchev–Trinajstić information content (AvgIpc) is 3.25. The molecule has 0 radical (unpaired) electrons. The molecule has 3 heterocycles. The minimum absolute atomic E-state index is 0.152. The number of hydrogen-bond acceptors (Lipinski definition) is 4. The van der Waals surface area contributed by atoms with Crippen LogP contribution in [0.5, 0.6) is 0 Å². The van der Waals surface area contributed by atoms with Gasteiger partial charge in [0.2, 0.25) is 11.8 Å². The zero-order valence-electron chi connectivity index (χ0n) is 18.1. The first-order chi connectivity index (χ1) is 15.4. The Hall–Kier alpha value is -2.92. The molecule has 6 heteroatoms. The van der Waals surface area contributed by atoms with Gasteiger partial charge in [0.15, 0.2) is 5.78 Å². The van der Waals surface area contributed by atoms with Crippen LogP contribution >= 0.6 is 11.6 Å². The van der Waals surface area contributed by atoms with Gasteiger partial charge in [0.1, 0.15) is 6.04 Å². The zero-order valence-corrected chi connectivity index (χ0v) is 18.9. The number of anilines is 1. The third-order valence-electron chi connectivity index (χ3n) is 6.98. The predicted molar refractivity (Wildman–Crippen MR) is 125 cm³/mol. The molecular weight excluding hydrogens is 424 g/mol. The van der Waals surface area contributed by atoms with Crippen molar-refractivity contribution in [2.45, 2.75) is 38.8 Å². The number of para-hydroxylation sites is 1. The van der Waals surface area contributed by atoms with Gasteiger partial charge in [0.25, 0.3) is 0 Å². The first-order valence-corrected chi connectivity index (χ1v) is 11.5. The van der Waals surface area contributed by atoms with Crippen molar-refractivity contribution in [3.8, 4) is 0 Å². The van der Waals surface area contributed by atoms with E-state index in [9.17, 15) is 14.4 Å². The molecule has 0 spiro atoms. The Labute approximate surface area is 192 Å². The Balaban J connectivity index is 1.64. The summed E-state index contributed by atoms with van der Waals surface area (Å²) in [5, 5.41) is 0.545. The smallest absolute Gasteiger partial charge is 0.235 e. The maximum atomic E-state index is 13.8. The monoisotopic (exact) mass is 448 g/mol. The molecule has 0 N–H and O–H groups in total. The SMILES string of the molecule is CCCCN1C(=O)[C@@H]2[C@H](C1=O)[C@H](C(=O)c1ccc(Cl)cc1)N1c3ccccc3C(C)=C[C@H]21. The van der Waals surface area contributed by atoms with Crippen LogP contribution in [-0.4, -0.2) is 41.1 Å². The van der Waals surface area contributed by atoms with Crippen molar-refractivity contribution in [1.82, 2.24) is 4.90 Å². The van der Waals surface area contributed by atoms with E-state index in [-0.39, 0.29) is 23.6 Å². The Morgan fingerprint density at radius 2 is 1.69 bits per heavy atom. The van der Waals surface area contributed by atoms with E-state index >= 15 is 0 Å². The number of halogens is 1. The van der Waals surface area contributed by atoms with Crippen LogP contribution in [-0.2, 0) is 9.59 Å². The summed E-state index contributed by atoms with van der Waals surface area (Å²) in [5.41, 5.74) is 3.49. The molecule has 164 valence electrons. The number of ketones is 1. The maximum absolute atomic E-state index is 13.8. The Kier molecular flexibility index (Phi) is 5.17. The summed E-state index contributed by atoms with van der Waals surface area (Å²) in [4.78, 5) is 44.2. The fourth-order valence-electron chi connectivity index (χ4n) is 5.48. The van der Waals surface area contributed by atoms with Crippen LogP contribution in [0.25, 0.3) is 5.57 Å². The van der Waals surface area contributed by atoms with Gasteiger partial charge in [-0.1, -0.05) is 49.2 Å². The van der Waals surface area contributed by atoms with Crippen LogP contribution in [0.15, 0.2) is 54.6 Å². The number of carbonyl (C=O) groups excluding carboxylic acids is 3. The Morgan fingerprint density at radius 3 is 2.41 bits per heavy atom. The number of benzene rings is 2. The van der Waals surface area contributed by atoms with Crippen LogP contribution in [0.2, 0.25) is 5.02 Å². The molecule has 0 aliphatic carbocycles.